The van der Waals surface area contributed by atoms with Gasteiger partial charge >= 0.3 is 6.09 Å². The van der Waals surface area contributed by atoms with Crippen LogP contribution < -0.4 is 15.3 Å². The maximum atomic E-state index is 11.9. The summed E-state index contributed by atoms with van der Waals surface area (Å²) in [6, 6.07) is 5.49. The number of aryl methyl sites for hydroxylation is 1. The second kappa shape index (κ2) is 10.5. The van der Waals surface area contributed by atoms with E-state index in [1.165, 1.54) is 0 Å². The third-order valence-electron chi connectivity index (χ3n) is 3.34. The zero-order valence-electron chi connectivity index (χ0n) is 14.5. The predicted molar refractivity (Wildman–Crippen MR) is 89.8 cm³/mol. The van der Waals surface area contributed by atoms with Crippen molar-refractivity contribution >= 4 is 12.0 Å². The summed E-state index contributed by atoms with van der Waals surface area (Å²) in [4.78, 5) is 23.3. The average molecular weight is 338 g/mol. The number of hydrogen-bond acceptors (Lipinski definition) is 6. The van der Waals surface area contributed by atoms with E-state index in [1.54, 1.807) is 20.1 Å². The summed E-state index contributed by atoms with van der Waals surface area (Å²) in [7, 11) is 1.58. The number of unbranched alkanes of at least 4 members (excludes halogenated alkanes) is 1. The number of ether oxygens (including phenoxy) is 3. The van der Waals surface area contributed by atoms with Gasteiger partial charge in [0.2, 0.25) is 5.91 Å². The molecule has 0 saturated carbocycles. The van der Waals surface area contributed by atoms with E-state index in [0.717, 1.165) is 18.4 Å². The number of nitrogens with two attached hydrogens (primary N) is 1. The van der Waals surface area contributed by atoms with Gasteiger partial charge in [0.05, 0.1) is 20.3 Å². The third-order valence-corrected chi connectivity index (χ3v) is 3.34. The molecule has 0 atom stereocenters. The molecule has 134 valence electrons. The first-order valence-electron chi connectivity index (χ1n) is 8.07. The highest BCUT2D eigenvalue weighted by Gasteiger charge is 2.18. The van der Waals surface area contributed by atoms with E-state index in [-0.39, 0.29) is 13.0 Å². The van der Waals surface area contributed by atoms with E-state index >= 15 is 0 Å². The van der Waals surface area contributed by atoms with Gasteiger partial charge in [0.25, 0.3) is 0 Å². The van der Waals surface area contributed by atoms with Crippen LogP contribution in [0, 0.1) is 0 Å². The monoisotopic (exact) mass is 338 g/mol. The summed E-state index contributed by atoms with van der Waals surface area (Å²) < 4.78 is 15.7. The quantitative estimate of drug-likeness (QED) is 0.322. The van der Waals surface area contributed by atoms with Crippen molar-refractivity contribution in [1.29, 1.82) is 0 Å². The van der Waals surface area contributed by atoms with Gasteiger partial charge < -0.3 is 14.2 Å². The van der Waals surface area contributed by atoms with Gasteiger partial charge in [-0.25, -0.2) is 10.6 Å². The second-order valence-electron chi connectivity index (χ2n) is 5.15. The number of rotatable bonds is 9. The van der Waals surface area contributed by atoms with Gasteiger partial charge in [0.1, 0.15) is 0 Å². The van der Waals surface area contributed by atoms with Gasteiger partial charge in [0, 0.05) is 6.42 Å². The molecule has 0 aliphatic rings. The number of amides is 2. The van der Waals surface area contributed by atoms with Crippen LogP contribution in [-0.4, -0.2) is 37.3 Å². The van der Waals surface area contributed by atoms with E-state index in [2.05, 4.69) is 11.7 Å². The van der Waals surface area contributed by atoms with E-state index in [9.17, 15) is 9.59 Å². The van der Waals surface area contributed by atoms with E-state index in [4.69, 9.17) is 15.3 Å². The zero-order valence-corrected chi connectivity index (χ0v) is 14.5. The molecule has 0 aliphatic carbocycles. The Labute approximate surface area is 142 Å². The molecule has 0 spiro atoms. The van der Waals surface area contributed by atoms with Gasteiger partial charge in [-0.2, -0.15) is 5.01 Å². The van der Waals surface area contributed by atoms with Crippen LogP contribution >= 0.6 is 0 Å². The number of benzene rings is 1. The average Bonchev–Trinajstić information content (AvgIpc) is 2.59. The van der Waals surface area contributed by atoms with Crippen molar-refractivity contribution in [3.63, 3.8) is 0 Å². The van der Waals surface area contributed by atoms with Crippen LogP contribution in [0.2, 0.25) is 0 Å². The zero-order chi connectivity index (χ0) is 17.9. The molecule has 0 saturated heterocycles. The van der Waals surface area contributed by atoms with Gasteiger partial charge in [0.15, 0.2) is 11.5 Å². The predicted octanol–water partition coefficient (Wildman–Crippen LogP) is 2.67. The summed E-state index contributed by atoms with van der Waals surface area (Å²) in [5.41, 5.74) is 0.896. The molecule has 0 unspecified atom stereocenters. The fourth-order valence-corrected chi connectivity index (χ4v) is 1.98. The molecule has 0 fully saturated rings. The number of nitrogens with zero attached hydrogens (tertiary/aromatic N) is 1. The smallest absolute Gasteiger partial charge is 0.431 e. The van der Waals surface area contributed by atoms with Crippen molar-refractivity contribution < 1.29 is 23.8 Å². The molecule has 0 bridgehead atoms. The Hall–Kier alpha value is -2.28. The molecule has 7 heteroatoms. The van der Waals surface area contributed by atoms with Crippen LogP contribution in [-0.2, 0) is 16.0 Å². The summed E-state index contributed by atoms with van der Waals surface area (Å²) >= 11 is 0. The molecule has 0 radical (unpaired) electrons. The molecule has 24 heavy (non-hydrogen) atoms. The number of carbonyl (C=O) groups excluding carboxylic acids is 2. The van der Waals surface area contributed by atoms with E-state index < -0.39 is 12.0 Å². The Morgan fingerprint density at radius 3 is 2.58 bits per heavy atom. The van der Waals surface area contributed by atoms with Gasteiger partial charge in [-0.05, 0) is 37.5 Å². The van der Waals surface area contributed by atoms with Crippen LogP contribution in [0.5, 0.6) is 11.5 Å². The van der Waals surface area contributed by atoms with Gasteiger partial charge in [-0.15, -0.1) is 0 Å². The van der Waals surface area contributed by atoms with Crippen molar-refractivity contribution in [1.82, 2.24) is 5.01 Å². The Morgan fingerprint density at radius 1 is 1.21 bits per heavy atom. The van der Waals surface area contributed by atoms with Crippen LogP contribution in [0.3, 0.4) is 0 Å². The molecule has 2 N–H and O–H groups in total. The topological polar surface area (TPSA) is 91.1 Å². The third kappa shape index (κ3) is 6.08. The Bertz CT molecular complexity index is 548. The highest BCUT2D eigenvalue weighted by molar-refractivity contribution is 5.91. The number of carbonyl (C=O) groups is 2. The Kier molecular flexibility index (Phi) is 8.64. The normalized spacial score (nSPS) is 10.2. The van der Waals surface area contributed by atoms with Crippen molar-refractivity contribution in [3.05, 3.63) is 23.8 Å². The molecular formula is C17H26N2O5. The Morgan fingerprint density at radius 2 is 1.96 bits per heavy atom. The van der Waals surface area contributed by atoms with Gasteiger partial charge in [-0.1, -0.05) is 19.4 Å². The maximum Gasteiger partial charge on any atom is 0.431 e. The van der Waals surface area contributed by atoms with E-state index in [0.29, 0.717) is 29.5 Å². The van der Waals surface area contributed by atoms with Crippen molar-refractivity contribution in [2.45, 2.75) is 39.5 Å². The number of imide groups is 1. The summed E-state index contributed by atoms with van der Waals surface area (Å²) in [6.45, 7) is 4.50. The van der Waals surface area contributed by atoms with Crippen molar-refractivity contribution in [2.24, 2.45) is 5.84 Å². The number of methoxy groups -OCH3 is 1. The first kappa shape index (κ1) is 19.8. The fourth-order valence-electron chi connectivity index (χ4n) is 1.98. The number of hydrogen-bond donors (Lipinski definition) is 1. The molecular weight excluding hydrogens is 312 g/mol. The standard InChI is InChI=1S/C17H26N2O5/c1-4-6-11-24-15-12-13(7-9-14(15)22-3)8-10-16(20)19(18)17(21)23-5-2/h7,9,12H,4-6,8,10-11,18H2,1-3H3. The maximum absolute atomic E-state index is 11.9. The minimum absolute atomic E-state index is 0.0933. The fraction of sp³-hybridized carbons (Fsp3) is 0.529. The summed E-state index contributed by atoms with van der Waals surface area (Å²) in [5.74, 6) is 6.22. The molecule has 0 aromatic heterocycles. The van der Waals surface area contributed by atoms with Crippen LogP contribution in [0.25, 0.3) is 0 Å². The highest BCUT2D eigenvalue weighted by Crippen LogP contribution is 2.28. The lowest BCUT2D eigenvalue weighted by Gasteiger charge is -2.15. The lowest BCUT2D eigenvalue weighted by atomic mass is 10.1. The first-order valence-corrected chi connectivity index (χ1v) is 8.07. The summed E-state index contributed by atoms with van der Waals surface area (Å²) in [6.07, 6.45) is 1.67. The largest absolute Gasteiger partial charge is 0.493 e. The minimum atomic E-state index is -0.846. The van der Waals surface area contributed by atoms with Gasteiger partial charge in [-0.3, -0.25) is 4.79 Å². The lowest BCUT2D eigenvalue weighted by Crippen LogP contribution is -2.43. The molecule has 7 nitrogen and oxygen atoms in total. The molecule has 0 aliphatic heterocycles. The minimum Gasteiger partial charge on any atom is -0.493 e. The molecule has 2 amide bonds. The Balaban J connectivity index is 2.65. The lowest BCUT2D eigenvalue weighted by molar-refractivity contribution is -0.129. The van der Waals surface area contributed by atoms with Crippen molar-refractivity contribution in [3.8, 4) is 11.5 Å². The molecule has 1 aromatic carbocycles. The molecule has 0 heterocycles. The number of hydrazine groups is 1. The molecule has 1 rings (SSSR count). The highest BCUT2D eigenvalue weighted by atomic mass is 16.6. The SMILES string of the molecule is CCCCOc1cc(CCC(=O)N(N)C(=O)OCC)ccc1OC. The van der Waals surface area contributed by atoms with Crippen LogP contribution in [0.15, 0.2) is 18.2 Å². The molecule has 1 aromatic rings. The first-order chi connectivity index (χ1) is 11.5. The van der Waals surface area contributed by atoms with Crippen LogP contribution in [0.4, 0.5) is 4.79 Å². The second-order valence-corrected chi connectivity index (χ2v) is 5.15. The van der Waals surface area contributed by atoms with Crippen LogP contribution in [0.1, 0.15) is 38.7 Å². The summed E-state index contributed by atoms with van der Waals surface area (Å²) in [5, 5.41) is 0.506. The van der Waals surface area contributed by atoms with Crippen molar-refractivity contribution in [2.75, 3.05) is 20.3 Å². The van der Waals surface area contributed by atoms with E-state index in [1.807, 2.05) is 12.1 Å².